The van der Waals surface area contributed by atoms with Crippen LogP contribution in [0.25, 0.3) is 10.8 Å². The third-order valence-corrected chi connectivity index (χ3v) is 7.24. The van der Waals surface area contributed by atoms with Gasteiger partial charge in [-0.15, -0.1) is 0 Å². The molecule has 37 heavy (non-hydrogen) atoms. The highest BCUT2D eigenvalue weighted by Gasteiger charge is 2.46. The molecule has 2 aliphatic rings. The second kappa shape index (κ2) is 9.94. The number of nitrogens with one attached hydrogen (secondary N) is 1. The Hall–Kier alpha value is -3.18. The molecule has 2 aromatic heterocycles. The van der Waals surface area contributed by atoms with E-state index >= 15 is 13.2 Å². The molecule has 0 radical (unpaired) electrons. The molecule has 11 heteroatoms. The monoisotopic (exact) mass is 518 g/mol. The number of pyridine rings is 1. The predicted molar refractivity (Wildman–Crippen MR) is 132 cm³/mol. The van der Waals surface area contributed by atoms with Crippen LogP contribution in [-0.2, 0) is 22.4 Å². The zero-order valence-electron chi connectivity index (χ0n) is 20.7. The van der Waals surface area contributed by atoms with Gasteiger partial charge in [0.2, 0.25) is 0 Å². The molecule has 8 nitrogen and oxygen atoms in total. The van der Waals surface area contributed by atoms with Crippen LogP contribution in [0.2, 0.25) is 0 Å². The number of alkyl halides is 2. The lowest BCUT2D eigenvalue weighted by Gasteiger charge is -2.26. The van der Waals surface area contributed by atoms with Crippen LogP contribution in [0, 0.1) is 5.82 Å². The van der Waals surface area contributed by atoms with Gasteiger partial charge >= 0.3 is 5.92 Å². The zero-order chi connectivity index (χ0) is 26.3. The van der Waals surface area contributed by atoms with Crippen molar-refractivity contribution in [1.29, 1.82) is 0 Å². The largest absolute Gasteiger partial charge is 0.381 e. The minimum atomic E-state index is -3.47. The maximum Gasteiger partial charge on any atom is 0.301 e. The average molecular weight is 519 g/mol. The Balaban J connectivity index is 1.53. The van der Waals surface area contributed by atoms with E-state index in [-0.39, 0.29) is 41.4 Å². The molecule has 3 aromatic rings. The smallest absolute Gasteiger partial charge is 0.301 e. The topological polar surface area (TPSA) is 87.4 Å². The number of aromatic nitrogens is 3. The maximum atomic E-state index is 15.5. The van der Waals surface area contributed by atoms with Gasteiger partial charge in [0.25, 0.3) is 11.1 Å². The van der Waals surface area contributed by atoms with E-state index in [9.17, 15) is 9.59 Å². The predicted octanol–water partition coefficient (Wildman–Crippen LogP) is 4.03. The Morgan fingerprint density at radius 1 is 1.14 bits per heavy atom. The average Bonchev–Trinajstić information content (AvgIpc) is 3.43. The van der Waals surface area contributed by atoms with Gasteiger partial charge in [0, 0.05) is 56.1 Å². The van der Waals surface area contributed by atoms with E-state index in [1.165, 1.54) is 25.2 Å². The van der Waals surface area contributed by atoms with Gasteiger partial charge in [-0.1, -0.05) is 12.1 Å². The summed E-state index contributed by atoms with van der Waals surface area (Å²) in [7, 11) is 1.45. The quantitative estimate of drug-likeness (QED) is 0.530. The van der Waals surface area contributed by atoms with Crippen molar-refractivity contribution in [1.82, 2.24) is 14.3 Å². The molecule has 198 valence electrons. The van der Waals surface area contributed by atoms with Crippen LogP contribution < -0.4 is 16.4 Å². The molecule has 2 aliphatic heterocycles. The minimum Gasteiger partial charge on any atom is -0.381 e. The SMILES string of the molecule is C[C@@H](Nc1nn(C)c(=O)c2cc(=O)n(C3CCOCC3)cc12)c1cccc(C(F)(F)[C@@H]2CCCO2)c1F. The van der Waals surface area contributed by atoms with Crippen LogP contribution in [0.1, 0.15) is 55.8 Å². The van der Waals surface area contributed by atoms with Gasteiger partial charge in [-0.3, -0.25) is 9.59 Å². The van der Waals surface area contributed by atoms with Crippen LogP contribution in [-0.4, -0.2) is 40.3 Å². The number of hydrogen-bond acceptors (Lipinski definition) is 6. The summed E-state index contributed by atoms with van der Waals surface area (Å²) < 4.78 is 58.9. The summed E-state index contributed by atoms with van der Waals surface area (Å²) in [4.78, 5) is 25.6. The molecule has 0 saturated carbocycles. The Bertz CT molecular complexity index is 1430. The van der Waals surface area contributed by atoms with Crippen molar-refractivity contribution < 1.29 is 22.6 Å². The summed E-state index contributed by atoms with van der Waals surface area (Å²) in [6, 6.07) is 4.33. The van der Waals surface area contributed by atoms with Crippen molar-refractivity contribution in [2.75, 3.05) is 25.1 Å². The number of aryl methyl sites for hydroxylation is 1. The first-order valence-corrected chi connectivity index (χ1v) is 12.4. The molecule has 2 saturated heterocycles. The lowest BCUT2D eigenvalue weighted by molar-refractivity contribution is -0.124. The standard InChI is InChI=1S/C26H29F3N4O4/c1-15(17-5-3-6-20(23(17)27)26(28,29)21-7-4-10-37-21)30-24-19-14-33(16-8-11-36-12-9-16)22(34)13-18(19)25(35)32(2)31-24/h3,5-6,13-16,21H,4,7-12H2,1-2H3,(H,30,31)/t15-,21+/m1/s1. The second-order valence-corrected chi connectivity index (χ2v) is 9.67. The van der Waals surface area contributed by atoms with Crippen LogP contribution in [0.3, 0.4) is 0 Å². The third kappa shape index (κ3) is 4.66. The van der Waals surface area contributed by atoms with E-state index in [1.807, 2.05) is 0 Å². The van der Waals surface area contributed by atoms with Gasteiger partial charge in [-0.05, 0) is 38.7 Å². The molecule has 0 bridgehead atoms. The fraction of sp³-hybridized carbons (Fsp3) is 0.500. The lowest BCUT2D eigenvalue weighted by Crippen LogP contribution is -2.32. The molecule has 0 aliphatic carbocycles. The van der Waals surface area contributed by atoms with Crippen molar-refractivity contribution in [3.05, 3.63) is 68.1 Å². The first-order valence-electron chi connectivity index (χ1n) is 12.4. The maximum absolute atomic E-state index is 15.5. The molecule has 2 atom stereocenters. The Kier molecular flexibility index (Phi) is 6.84. The molecule has 0 spiro atoms. The summed E-state index contributed by atoms with van der Waals surface area (Å²) in [5, 5.41) is 7.95. The number of fused-ring (bicyclic) bond motifs is 1. The number of hydrogen-bond donors (Lipinski definition) is 1. The van der Waals surface area contributed by atoms with Gasteiger partial charge < -0.3 is 19.4 Å². The van der Waals surface area contributed by atoms with Crippen LogP contribution in [0.15, 0.2) is 40.1 Å². The molecule has 1 N–H and O–H groups in total. The number of nitrogens with zero attached hydrogens (tertiary/aromatic N) is 3. The Morgan fingerprint density at radius 2 is 1.89 bits per heavy atom. The molecular formula is C26H29F3N4O4. The summed E-state index contributed by atoms with van der Waals surface area (Å²) in [5.74, 6) is -4.25. The number of rotatable bonds is 6. The van der Waals surface area contributed by atoms with Gasteiger partial charge in [0.05, 0.1) is 17.0 Å². The van der Waals surface area contributed by atoms with Crippen molar-refractivity contribution in [3.63, 3.8) is 0 Å². The zero-order valence-corrected chi connectivity index (χ0v) is 20.7. The van der Waals surface area contributed by atoms with Crippen molar-refractivity contribution in [2.24, 2.45) is 7.05 Å². The normalized spacial score (nSPS) is 19.9. The van der Waals surface area contributed by atoms with Gasteiger partial charge in [-0.25, -0.2) is 9.07 Å². The molecular weight excluding hydrogens is 489 g/mol. The van der Waals surface area contributed by atoms with Gasteiger partial charge in [0.15, 0.2) is 5.82 Å². The van der Waals surface area contributed by atoms with E-state index in [0.29, 0.717) is 37.9 Å². The van der Waals surface area contributed by atoms with E-state index in [4.69, 9.17) is 9.47 Å². The minimum absolute atomic E-state index is 0.0247. The Labute approximate surface area is 211 Å². The van der Waals surface area contributed by atoms with Gasteiger partial charge in [-0.2, -0.15) is 13.9 Å². The fourth-order valence-corrected chi connectivity index (χ4v) is 5.15. The van der Waals surface area contributed by atoms with Crippen LogP contribution in [0.4, 0.5) is 19.0 Å². The van der Waals surface area contributed by atoms with Crippen LogP contribution in [0.5, 0.6) is 0 Å². The van der Waals surface area contributed by atoms with E-state index < -0.39 is 35.0 Å². The number of halogens is 3. The highest BCUT2D eigenvalue weighted by Crippen LogP contribution is 2.41. The molecule has 0 amide bonds. The summed E-state index contributed by atoms with van der Waals surface area (Å²) in [6.07, 6.45) is 2.20. The number of anilines is 1. The molecule has 1 aromatic carbocycles. The first kappa shape index (κ1) is 25.5. The highest BCUT2D eigenvalue weighted by atomic mass is 19.3. The van der Waals surface area contributed by atoms with Gasteiger partial charge in [0.1, 0.15) is 11.9 Å². The molecule has 5 rings (SSSR count). The number of benzene rings is 1. The fourth-order valence-electron chi connectivity index (χ4n) is 5.15. The lowest BCUT2D eigenvalue weighted by atomic mass is 9.96. The van der Waals surface area contributed by atoms with Crippen molar-refractivity contribution >= 4 is 16.6 Å². The Morgan fingerprint density at radius 3 is 2.59 bits per heavy atom. The summed E-state index contributed by atoms with van der Waals surface area (Å²) in [5.41, 5.74) is -1.44. The van der Waals surface area contributed by atoms with Crippen molar-refractivity contribution in [3.8, 4) is 0 Å². The molecule has 0 unspecified atom stereocenters. The third-order valence-electron chi connectivity index (χ3n) is 7.24. The summed E-state index contributed by atoms with van der Waals surface area (Å²) >= 11 is 0. The second-order valence-electron chi connectivity index (χ2n) is 9.67. The van der Waals surface area contributed by atoms with E-state index in [1.54, 1.807) is 17.7 Å². The van der Waals surface area contributed by atoms with Crippen molar-refractivity contribution in [2.45, 2.75) is 56.7 Å². The number of ether oxygens (including phenoxy) is 2. The highest BCUT2D eigenvalue weighted by molar-refractivity contribution is 5.90. The molecule has 4 heterocycles. The first-order chi connectivity index (χ1) is 17.7. The van der Waals surface area contributed by atoms with E-state index in [2.05, 4.69) is 10.4 Å². The summed E-state index contributed by atoms with van der Waals surface area (Å²) in [6.45, 7) is 2.90. The van der Waals surface area contributed by atoms with Crippen LogP contribution >= 0.6 is 0 Å². The molecule has 2 fully saturated rings. The van der Waals surface area contributed by atoms with E-state index in [0.717, 1.165) is 10.7 Å².